The molecule has 0 radical (unpaired) electrons. The van der Waals surface area contributed by atoms with Gasteiger partial charge in [-0.05, 0) is 43.1 Å². The van der Waals surface area contributed by atoms with Gasteiger partial charge in [-0.2, -0.15) is 0 Å². The second-order valence-electron chi connectivity index (χ2n) is 8.27. The Bertz CT molecular complexity index is 787. The molecule has 154 valence electrons. The molecule has 2 fully saturated rings. The number of carbonyl (C=O) groups is 1. The van der Waals surface area contributed by atoms with Crippen LogP contribution in [0.4, 0.5) is 4.79 Å². The first-order chi connectivity index (χ1) is 13.4. The van der Waals surface area contributed by atoms with Crippen molar-refractivity contribution in [1.29, 1.82) is 0 Å². The number of piperidine rings is 1. The summed E-state index contributed by atoms with van der Waals surface area (Å²) < 4.78 is 23.0. The van der Waals surface area contributed by atoms with Crippen molar-refractivity contribution in [2.75, 3.05) is 12.8 Å². The number of hydrogen-bond acceptors (Lipinski definition) is 3. The van der Waals surface area contributed by atoms with Gasteiger partial charge in [-0.15, -0.1) is 0 Å². The van der Waals surface area contributed by atoms with Crippen LogP contribution < -0.4 is 5.32 Å². The van der Waals surface area contributed by atoms with Crippen LogP contribution in [-0.4, -0.2) is 38.2 Å². The van der Waals surface area contributed by atoms with Crippen LogP contribution in [0.5, 0.6) is 0 Å². The van der Waals surface area contributed by atoms with Crippen molar-refractivity contribution in [1.82, 2.24) is 10.2 Å². The van der Waals surface area contributed by atoms with E-state index in [4.69, 9.17) is 0 Å². The highest BCUT2D eigenvalue weighted by atomic mass is 32.2. The molecular formula is C22H32N2O3S. The minimum absolute atomic E-state index is 0.0743. The molecule has 1 aromatic rings. The molecule has 1 aliphatic heterocycles. The molecule has 2 amide bonds. The van der Waals surface area contributed by atoms with E-state index in [-0.39, 0.29) is 18.1 Å². The van der Waals surface area contributed by atoms with Crippen molar-refractivity contribution < 1.29 is 13.2 Å². The summed E-state index contributed by atoms with van der Waals surface area (Å²) in [7, 11) is -3.20. The Morgan fingerprint density at radius 2 is 1.96 bits per heavy atom. The number of carbonyl (C=O) groups excluding carboxylic acids is 1. The van der Waals surface area contributed by atoms with Crippen LogP contribution >= 0.6 is 0 Å². The van der Waals surface area contributed by atoms with Crippen LogP contribution in [0.1, 0.15) is 57.1 Å². The van der Waals surface area contributed by atoms with Crippen molar-refractivity contribution in [2.24, 2.45) is 11.8 Å². The van der Waals surface area contributed by atoms with Gasteiger partial charge < -0.3 is 10.2 Å². The highest BCUT2D eigenvalue weighted by molar-refractivity contribution is 7.93. The summed E-state index contributed by atoms with van der Waals surface area (Å²) in [6, 6.07) is 10.0. The lowest BCUT2D eigenvalue weighted by Gasteiger charge is -2.40. The Hall–Kier alpha value is -1.82. The summed E-state index contributed by atoms with van der Waals surface area (Å²) in [5, 5.41) is 4.32. The normalized spacial score (nSPS) is 24.3. The van der Waals surface area contributed by atoms with Gasteiger partial charge in [0.15, 0.2) is 9.84 Å². The highest BCUT2D eigenvalue weighted by Gasteiger charge is 2.36. The number of likely N-dealkylation sites (tertiary alicyclic amines) is 1. The van der Waals surface area contributed by atoms with Gasteiger partial charge in [0.25, 0.3) is 0 Å². The zero-order valence-electron chi connectivity index (χ0n) is 16.9. The summed E-state index contributed by atoms with van der Waals surface area (Å²) in [4.78, 5) is 15.1. The lowest BCUT2D eigenvalue weighted by molar-refractivity contribution is 0.122. The Labute approximate surface area is 169 Å². The predicted octanol–water partition coefficient (Wildman–Crippen LogP) is 4.29. The predicted molar refractivity (Wildman–Crippen MR) is 113 cm³/mol. The zero-order chi connectivity index (χ0) is 20.1. The van der Waals surface area contributed by atoms with E-state index in [1.807, 2.05) is 23.1 Å². The first-order valence-electron chi connectivity index (χ1n) is 10.4. The molecule has 28 heavy (non-hydrogen) atoms. The summed E-state index contributed by atoms with van der Waals surface area (Å²) in [6.07, 6.45) is 9.25. The second-order valence-corrected chi connectivity index (χ2v) is 10.2. The molecule has 1 aromatic carbocycles. The van der Waals surface area contributed by atoms with Crippen LogP contribution in [-0.2, 0) is 9.84 Å². The molecule has 5 nitrogen and oxygen atoms in total. The van der Waals surface area contributed by atoms with Crippen LogP contribution in [0.2, 0.25) is 0 Å². The Kier molecular flexibility index (Phi) is 6.81. The number of hydrogen-bond donors (Lipinski definition) is 1. The first-order valence-corrected chi connectivity index (χ1v) is 12.3. The lowest BCUT2D eigenvalue weighted by Crippen LogP contribution is -2.49. The third kappa shape index (κ3) is 5.84. The van der Waals surface area contributed by atoms with Crippen LogP contribution in [0, 0.1) is 11.8 Å². The molecule has 1 heterocycles. The minimum atomic E-state index is -3.20. The van der Waals surface area contributed by atoms with E-state index in [1.54, 1.807) is 6.08 Å². The number of sulfone groups is 1. The number of benzene rings is 1. The van der Waals surface area contributed by atoms with Gasteiger partial charge in [0.2, 0.25) is 0 Å². The third-order valence-corrected chi connectivity index (χ3v) is 6.46. The van der Waals surface area contributed by atoms with Crippen LogP contribution in [0.3, 0.4) is 0 Å². The molecule has 3 atom stereocenters. The SMILES string of the molecule is CCC[C@@H]1CCN(C(=O)N[C@H](/C=C/S(C)(=O)=O)C2CC2)[C@H](c2ccccc2)C1. The average molecular weight is 405 g/mol. The van der Waals surface area contributed by atoms with Gasteiger partial charge in [-0.3, -0.25) is 0 Å². The van der Waals surface area contributed by atoms with Gasteiger partial charge in [0, 0.05) is 18.2 Å². The minimum Gasteiger partial charge on any atom is -0.331 e. The first kappa shape index (κ1) is 20.9. The zero-order valence-corrected chi connectivity index (χ0v) is 17.7. The summed E-state index contributed by atoms with van der Waals surface area (Å²) >= 11 is 0. The Balaban J connectivity index is 1.75. The maximum Gasteiger partial charge on any atom is 0.318 e. The monoisotopic (exact) mass is 404 g/mol. The molecule has 2 aliphatic rings. The summed E-state index contributed by atoms with van der Waals surface area (Å²) in [5.41, 5.74) is 1.17. The van der Waals surface area contributed by atoms with Gasteiger partial charge >= 0.3 is 6.03 Å². The summed E-state index contributed by atoms with van der Waals surface area (Å²) in [6.45, 7) is 2.95. The topological polar surface area (TPSA) is 66.5 Å². The largest absolute Gasteiger partial charge is 0.331 e. The smallest absolute Gasteiger partial charge is 0.318 e. The van der Waals surface area contributed by atoms with E-state index in [1.165, 1.54) is 30.1 Å². The van der Waals surface area contributed by atoms with E-state index < -0.39 is 9.84 Å². The van der Waals surface area contributed by atoms with Crippen molar-refractivity contribution in [2.45, 2.75) is 57.5 Å². The van der Waals surface area contributed by atoms with Crippen molar-refractivity contribution in [3.8, 4) is 0 Å². The molecule has 1 saturated heterocycles. The Morgan fingerprint density at radius 3 is 2.57 bits per heavy atom. The molecule has 6 heteroatoms. The molecule has 0 unspecified atom stereocenters. The fourth-order valence-corrected chi connectivity index (χ4v) is 4.63. The number of nitrogens with one attached hydrogen (secondary N) is 1. The number of rotatable bonds is 7. The van der Waals surface area contributed by atoms with Gasteiger partial charge in [-0.1, -0.05) is 56.2 Å². The maximum absolute atomic E-state index is 13.1. The van der Waals surface area contributed by atoms with E-state index in [0.717, 1.165) is 32.2 Å². The number of nitrogens with zero attached hydrogens (tertiary/aromatic N) is 1. The van der Waals surface area contributed by atoms with Crippen LogP contribution in [0.25, 0.3) is 0 Å². The highest BCUT2D eigenvalue weighted by Crippen LogP contribution is 2.37. The average Bonchev–Trinajstić information content (AvgIpc) is 3.50. The summed E-state index contributed by atoms with van der Waals surface area (Å²) in [5.74, 6) is 0.985. The van der Waals surface area contributed by atoms with Crippen molar-refractivity contribution >= 4 is 15.9 Å². The molecular weight excluding hydrogens is 372 g/mol. The second kappa shape index (κ2) is 9.12. The Morgan fingerprint density at radius 1 is 1.25 bits per heavy atom. The van der Waals surface area contributed by atoms with Crippen LogP contribution in [0.15, 0.2) is 41.8 Å². The van der Waals surface area contributed by atoms with Gasteiger partial charge in [-0.25, -0.2) is 13.2 Å². The van der Waals surface area contributed by atoms with E-state index in [0.29, 0.717) is 11.8 Å². The standard InChI is InChI=1S/C22H32N2O3S/c1-3-7-17-12-14-24(21(16-17)19-8-5-4-6-9-19)22(25)23-20(18-10-11-18)13-15-28(2,26)27/h4-6,8-9,13,15,17-18,20-21H,3,7,10-12,14,16H2,1-2H3,(H,23,25)/b15-13+/t17-,20-,21+/m1/s1. The fourth-order valence-electron chi connectivity index (χ4n) is 4.17. The number of amides is 2. The number of urea groups is 1. The molecule has 0 aromatic heterocycles. The fraction of sp³-hybridized carbons (Fsp3) is 0.591. The third-order valence-electron chi connectivity index (χ3n) is 5.81. The lowest BCUT2D eigenvalue weighted by atomic mass is 9.85. The van der Waals surface area contributed by atoms with E-state index in [9.17, 15) is 13.2 Å². The molecule has 1 aliphatic carbocycles. The molecule has 0 spiro atoms. The molecule has 3 rings (SSSR count). The van der Waals surface area contributed by atoms with E-state index >= 15 is 0 Å². The van der Waals surface area contributed by atoms with Gasteiger partial charge in [0.05, 0.1) is 12.1 Å². The molecule has 0 bridgehead atoms. The van der Waals surface area contributed by atoms with E-state index in [2.05, 4.69) is 24.4 Å². The van der Waals surface area contributed by atoms with Gasteiger partial charge in [0.1, 0.15) is 0 Å². The van der Waals surface area contributed by atoms with Crippen molar-refractivity contribution in [3.63, 3.8) is 0 Å². The molecule has 1 N–H and O–H groups in total. The quantitative estimate of drug-likeness (QED) is 0.737. The molecule has 1 saturated carbocycles. The van der Waals surface area contributed by atoms with Crippen molar-refractivity contribution in [3.05, 3.63) is 47.4 Å². The maximum atomic E-state index is 13.1.